The molecule has 0 unspecified atom stereocenters. The van der Waals surface area contributed by atoms with Gasteiger partial charge < -0.3 is 15.8 Å². The Morgan fingerprint density at radius 2 is 2.10 bits per heavy atom. The van der Waals surface area contributed by atoms with Gasteiger partial charge in [0.1, 0.15) is 5.75 Å². The van der Waals surface area contributed by atoms with Crippen molar-refractivity contribution in [2.75, 3.05) is 6.61 Å². The molecule has 0 aliphatic carbocycles. The Hall–Kier alpha value is -1.55. The summed E-state index contributed by atoms with van der Waals surface area (Å²) >= 11 is 0. The minimum atomic E-state index is -0.200. The maximum absolute atomic E-state index is 11.8. The molecule has 1 aromatic carbocycles. The van der Waals surface area contributed by atoms with Gasteiger partial charge in [-0.2, -0.15) is 0 Å². The van der Waals surface area contributed by atoms with E-state index in [-0.39, 0.29) is 24.1 Å². The molecule has 20 heavy (non-hydrogen) atoms. The van der Waals surface area contributed by atoms with E-state index in [0.717, 1.165) is 23.3 Å². The van der Waals surface area contributed by atoms with Crippen LogP contribution in [0.4, 0.5) is 0 Å². The normalized spacial score (nSPS) is 12.9. The zero-order chi connectivity index (χ0) is 15.3. The number of benzene rings is 1. The molecule has 0 spiro atoms. The molecule has 1 amide bonds. The van der Waals surface area contributed by atoms with Gasteiger partial charge in [0.25, 0.3) is 5.91 Å². The van der Waals surface area contributed by atoms with Gasteiger partial charge >= 0.3 is 0 Å². The first-order valence-electron chi connectivity index (χ1n) is 7.05. The number of carbonyl (C=O) groups excluding carboxylic acids is 1. The van der Waals surface area contributed by atoms with E-state index in [9.17, 15) is 4.79 Å². The molecule has 1 atom stereocenters. The smallest absolute Gasteiger partial charge is 0.258 e. The first-order chi connectivity index (χ1) is 9.25. The van der Waals surface area contributed by atoms with Gasteiger partial charge in [0.2, 0.25) is 0 Å². The fraction of sp³-hybridized carbons (Fsp3) is 0.562. The molecule has 0 saturated heterocycles. The van der Waals surface area contributed by atoms with Gasteiger partial charge in [-0.3, -0.25) is 4.79 Å². The molecular formula is C16H26N2O2. The lowest BCUT2D eigenvalue weighted by Crippen LogP contribution is -2.44. The van der Waals surface area contributed by atoms with Crippen molar-refractivity contribution in [2.45, 2.75) is 52.6 Å². The lowest BCUT2D eigenvalue weighted by molar-refractivity contribution is -0.124. The average molecular weight is 278 g/mol. The highest BCUT2D eigenvalue weighted by atomic mass is 16.5. The second-order valence-electron chi connectivity index (χ2n) is 5.89. The van der Waals surface area contributed by atoms with Crippen LogP contribution in [0.5, 0.6) is 5.75 Å². The van der Waals surface area contributed by atoms with E-state index in [0.29, 0.717) is 0 Å². The molecule has 0 aliphatic rings. The van der Waals surface area contributed by atoms with Crippen molar-refractivity contribution in [3.63, 3.8) is 0 Å². The van der Waals surface area contributed by atoms with Crippen LogP contribution >= 0.6 is 0 Å². The van der Waals surface area contributed by atoms with Gasteiger partial charge in [0.15, 0.2) is 6.61 Å². The minimum Gasteiger partial charge on any atom is -0.484 e. The van der Waals surface area contributed by atoms with E-state index in [1.54, 1.807) is 0 Å². The fourth-order valence-corrected chi connectivity index (χ4v) is 1.76. The third kappa shape index (κ3) is 4.85. The van der Waals surface area contributed by atoms with Crippen LogP contribution in [-0.2, 0) is 4.79 Å². The molecule has 0 aromatic heterocycles. The second-order valence-corrected chi connectivity index (χ2v) is 5.89. The molecule has 0 saturated carbocycles. The first-order valence-corrected chi connectivity index (χ1v) is 7.05. The summed E-state index contributed by atoms with van der Waals surface area (Å²) in [5, 5.41) is 2.94. The van der Waals surface area contributed by atoms with Gasteiger partial charge in [-0.1, -0.05) is 19.1 Å². The number of nitrogens with two attached hydrogens (primary N) is 1. The molecule has 112 valence electrons. The maximum Gasteiger partial charge on any atom is 0.258 e. The summed E-state index contributed by atoms with van der Waals surface area (Å²) in [6, 6.07) is 5.79. The van der Waals surface area contributed by atoms with E-state index in [1.807, 2.05) is 52.8 Å². The van der Waals surface area contributed by atoms with Crippen LogP contribution in [0, 0.1) is 6.92 Å². The Balaban J connectivity index is 2.60. The lowest BCUT2D eigenvalue weighted by Gasteiger charge is -2.24. The van der Waals surface area contributed by atoms with E-state index in [2.05, 4.69) is 5.32 Å². The van der Waals surface area contributed by atoms with Crippen molar-refractivity contribution in [1.29, 1.82) is 0 Å². The average Bonchev–Trinajstić information content (AvgIpc) is 2.36. The predicted molar refractivity (Wildman–Crippen MR) is 81.8 cm³/mol. The molecule has 3 N–H and O–H groups in total. The molecule has 4 heteroatoms. The summed E-state index contributed by atoms with van der Waals surface area (Å²) < 4.78 is 5.57. The van der Waals surface area contributed by atoms with Crippen LogP contribution in [0.3, 0.4) is 0 Å². The summed E-state index contributed by atoms with van der Waals surface area (Å²) in [7, 11) is 0. The number of aryl methyl sites for hydroxylation is 1. The fourth-order valence-electron chi connectivity index (χ4n) is 1.76. The van der Waals surface area contributed by atoms with Crippen molar-refractivity contribution in [2.24, 2.45) is 5.73 Å². The molecule has 0 bridgehead atoms. The zero-order valence-electron chi connectivity index (χ0n) is 13.1. The Morgan fingerprint density at radius 3 is 2.60 bits per heavy atom. The Kier molecular flexibility index (Phi) is 5.57. The molecule has 4 nitrogen and oxygen atoms in total. The standard InChI is InChI=1S/C16H26N2O2/c1-6-16(4,5)18-15(19)10-20-14-8-7-13(12(3)17)9-11(14)2/h7-9,12H,6,10,17H2,1-5H3,(H,18,19)/t12-/m1/s1. The Bertz CT molecular complexity index is 468. The summed E-state index contributed by atoms with van der Waals surface area (Å²) in [6.45, 7) is 9.95. The van der Waals surface area contributed by atoms with E-state index in [4.69, 9.17) is 10.5 Å². The van der Waals surface area contributed by atoms with E-state index >= 15 is 0 Å². The van der Waals surface area contributed by atoms with Gasteiger partial charge in [-0.25, -0.2) is 0 Å². The van der Waals surface area contributed by atoms with E-state index < -0.39 is 0 Å². The number of carbonyl (C=O) groups is 1. The van der Waals surface area contributed by atoms with E-state index in [1.165, 1.54) is 0 Å². The van der Waals surface area contributed by atoms with Gasteiger partial charge in [0.05, 0.1) is 0 Å². The van der Waals surface area contributed by atoms with Crippen LogP contribution in [-0.4, -0.2) is 18.1 Å². The third-order valence-electron chi connectivity index (χ3n) is 3.45. The van der Waals surface area contributed by atoms with Gasteiger partial charge in [-0.05, 0) is 51.3 Å². The van der Waals surface area contributed by atoms with Crippen LogP contribution < -0.4 is 15.8 Å². The largest absolute Gasteiger partial charge is 0.484 e. The van der Waals surface area contributed by atoms with Crippen molar-refractivity contribution in [1.82, 2.24) is 5.32 Å². The van der Waals surface area contributed by atoms with Crippen molar-refractivity contribution in [3.8, 4) is 5.75 Å². The highest BCUT2D eigenvalue weighted by Crippen LogP contribution is 2.21. The molecule has 0 heterocycles. The maximum atomic E-state index is 11.8. The molecular weight excluding hydrogens is 252 g/mol. The van der Waals surface area contributed by atoms with Gasteiger partial charge in [0, 0.05) is 11.6 Å². The quantitative estimate of drug-likeness (QED) is 0.841. The Morgan fingerprint density at radius 1 is 1.45 bits per heavy atom. The summed E-state index contributed by atoms with van der Waals surface area (Å²) in [6.07, 6.45) is 0.876. The highest BCUT2D eigenvalue weighted by molar-refractivity contribution is 5.78. The van der Waals surface area contributed by atoms with Crippen LogP contribution in [0.25, 0.3) is 0 Å². The number of ether oxygens (including phenoxy) is 1. The molecule has 1 rings (SSSR count). The Labute approximate surface area is 121 Å². The van der Waals surface area contributed by atoms with Crippen LogP contribution in [0.1, 0.15) is 51.3 Å². The number of hydrogen-bond donors (Lipinski definition) is 2. The topological polar surface area (TPSA) is 64.3 Å². The van der Waals surface area contributed by atoms with Crippen LogP contribution in [0.2, 0.25) is 0 Å². The summed E-state index contributed by atoms with van der Waals surface area (Å²) in [5.74, 6) is 0.617. The highest BCUT2D eigenvalue weighted by Gasteiger charge is 2.18. The lowest BCUT2D eigenvalue weighted by atomic mass is 10.0. The molecule has 0 radical (unpaired) electrons. The van der Waals surface area contributed by atoms with Gasteiger partial charge in [-0.15, -0.1) is 0 Å². The van der Waals surface area contributed by atoms with Crippen molar-refractivity contribution in [3.05, 3.63) is 29.3 Å². The van der Waals surface area contributed by atoms with Crippen molar-refractivity contribution < 1.29 is 9.53 Å². The number of nitrogens with one attached hydrogen (secondary N) is 1. The minimum absolute atomic E-state index is 0.00333. The number of hydrogen-bond acceptors (Lipinski definition) is 3. The summed E-state index contributed by atoms with van der Waals surface area (Å²) in [5.41, 5.74) is 7.68. The number of rotatable bonds is 6. The summed E-state index contributed by atoms with van der Waals surface area (Å²) in [4.78, 5) is 11.8. The molecule has 1 aromatic rings. The zero-order valence-corrected chi connectivity index (χ0v) is 13.1. The molecule has 0 aliphatic heterocycles. The monoisotopic (exact) mass is 278 g/mol. The first kappa shape index (κ1) is 16.5. The number of amides is 1. The third-order valence-corrected chi connectivity index (χ3v) is 3.45. The van der Waals surface area contributed by atoms with Crippen molar-refractivity contribution >= 4 is 5.91 Å². The second kappa shape index (κ2) is 6.75. The predicted octanol–water partition coefficient (Wildman–Crippen LogP) is 2.70. The van der Waals surface area contributed by atoms with Crippen LogP contribution in [0.15, 0.2) is 18.2 Å². The molecule has 0 fully saturated rings. The SMILES string of the molecule is CCC(C)(C)NC(=O)COc1ccc([C@@H](C)N)cc1C.